The highest BCUT2D eigenvalue weighted by Gasteiger charge is 2.05. The summed E-state index contributed by atoms with van der Waals surface area (Å²) >= 11 is 1.12. The van der Waals surface area contributed by atoms with Gasteiger partial charge in [0.25, 0.3) is 0 Å². The monoisotopic (exact) mass is 207 g/mol. The van der Waals surface area contributed by atoms with Crippen LogP contribution >= 0.6 is 11.3 Å². The highest BCUT2D eigenvalue weighted by Crippen LogP contribution is 2.32. The Morgan fingerprint density at radius 3 is 2.57 bits per heavy atom. The molecule has 0 amide bonds. The van der Waals surface area contributed by atoms with E-state index in [2.05, 4.69) is 10.3 Å². The standard InChI is InChI=1S/C9H9N3OS/c10-7-8(13)14-9(12-7)11-6-4-2-1-3-5-6/h1-5,13H,10H2,(H,11,12). The topological polar surface area (TPSA) is 71.2 Å². The van der Waals surface area contributed by atoms with E-state index in [9.17, 15) is 5.11 Å². The number of aromatic hydroxyl groups is 1. The number of rotatable bonds is 2. The fourth-order valence-corrected chi connectivity index (χ4v) is 1.67. The molecule has 0 saturated heterocycles. The first kappa shape index (κ1) is 8.83. The molecule has 4 nitrogen and oxygen atoms in total. The average Bonchev–Trinajstić information content (AvgIpc) is 2.47. The van der Waals surface area contributed by atoms with Crippen molar-refractivity contribution in [2.24, 2.45) is 0 Å². The molecular formula is C9H9N3OS. The molecule has 1 aromatic heterocycles. The lowest BCUT2D eigenvalue weighted by Gasteiger charge is -1.99. The summed E-state index contributed by atoms with van der Waals surface area (Å²) < 4.78 is 0. The summed E-state index contributed by atoms with van der Waals surface area (Å²) in [5, 5.41) is 12.9. The van der Waals surface area contributed by atoms with Gasteiger partial charge in [0, 0.05) is 5.69 Å². The SMILES string of the molecule is Nc1nc(Nc2ccccc2)sc1O. The molecule has 0 unspecified atom stereocenters. The Kier molecular flexibility index (Phi) is 2.24. The highest BCUT2D eigenvalue weighted by molar-refractivity contribution is 7.17. The first-order valence-electron chi connectivity index (χ1n) is 4.03. The summed E-state index contributed by atoms with van der Waals surface area (Å²) in [7, 11) is 0. The fourth-order valence-electron chi connectivity index (χ4n) is 1.02. The van der Waals surface area contributed by atoms with Gasteiger partial charge < -0.3 is 16.2 Å². The van der Waals surface area contributed by atoms with Gasteiger partial charge in [-0.25, -0.2) is 0 Å². The minimum absolute atomic E-state index is 0.0448. The van der Waals surface area contributed by atoms with E-state index in [0.717, 1.165) is 17.0 Å². The van der Waals surface area contributed by atoms with Crippen molar-refractivity contribution >= 4 is 28.0 Å². The third-order valence-electron chi connectivity index (χ3n) is 1.66. The molecule has 4 N–H and O–H groups in total. The molecule has 72 valence electrons. The number of nitrogen functional groups attached to an aromatic ring is 1. The maximum atomic E-state index is 9.21. The summed E-state index contributed by atoms with van der Waals surface area (Å²) in [6, 6.07) is 9.58. The third-order valence-corrected chi connectivity index (χ3v) is 2.45. The summed E-state index contributed by atoms with van der Waals surface area (Å²) in [6.07, 6.45) is 0. The molecule has 14 heavy (non-hydrogen) atoms. The molecule has 0 atom stereocenters. The van der Waals surface area contributed by atoms with Crippen molar-refractivity contribution < 1.29 is 5.11 Å². The van der Waals surface area contributed by atoms with Crippen LogP contribution in [0.1, 0.15) is 0 Å². The van der Waals surface area contributed by atoms with Crippen molar-refractivity contribution in [3.8, 4) is 5.06 Å². The number of nitrogens with zero attached hydrogens (tertiary/aromatic N) is 1. The minimum atomic E-state index is 0.0448. The van der Waals surface area contributed by atoms with Crippen molar-refractivity contribution in [3.05, 3.63) is 30.3 Å². The number of nitrogens with two attached hydrogens (primary N) is 1. The van der Waals surface area contributed by atoms with Crippen LogP contribution in [-0.4, -0.2) is 10.1 Å². The Labute approximate surface area is 85.0 Å². The lowest BCUT2D eigenvalue weighted by atomic mass is 10.3. The number of benzene rings is 1. The third kappa shape index (κ3) is 1.77. The van der Waals surface area contributed by atoms with E-state index in [1.807, 2.05) is 30.3 Å². The Morgan fingerprint density at radius 2 is 2.00 bits per heavy atom. The van der Waals surface area contributed by atoms with Gasteiger partial charge in [-0.2, -0.15) is 4.98 Å². The van der Waals surface area contributed by atoms with Crippen molar-refractivity contribution in [2.75, 3.05) is 11.1 Å². The normalized spacial score (nSPS) is 10.0. The smallest absolute Gasteiger partial charge is 0.218 e. The molecule has 2 rings (SSSR count). The van der Waals surface area contributed by atoms with Crippen molar-refractivity contribution in [1.82, 2.24) is 4.98 Å². The van der Waals surface area contributed by atoms with Gasteiger partial charge in [0.15, 0.2) is 10.9 Å². The quantitative estimate of drug-likeness (QED) is 0.705. The van der Waals surface area contributed by atoms with E-state index in [4.69, 9.17) is 5.73 Å². The molecular weight excluding hydrogens is 198 g/mol. The molecule has 0 aliphatic carbocycles. The Bertz CT molecular complexity index is 407. The molecule has 0 bridgehead atoms. The summed E-state index contributed by atoms with van der Waals surface area (Å²) in [5.41, 5.74) is 6.32. The maximum absolute atomic E-state index is 9.21. The largest absolute Gasteiger partial charge is 0.497 e. The molecule has 0 fully saturated rings. The van der Waals surface area contributed by atoms with Crippen LogP contribution in [0.4, 0.5) is 16.6 Å². The van der Waals surface area contributed by atoms with Gasteiger partial charge in [-0.15, -0.1) is 0 Å². The summed E-state index contributed by atoms with van der Waals surface area (Å²) in [5.74, 6) is 0.161. The summed E-state index contributed by atoms with van der Waals surface area (Å²) in [6.45, 7) is 0. The van der Waals surface area contributed by atoms with E-state index in [0.29, 0.717) is 5.13 Å². The molecule has 1 aromatic carbocycles. The molecule has 0 radical (unpaired) electrons. The van der Waals surface area contributed by atoms with E-state index in [1.54, 1.807) is 0 Å². The molecule has 0 saturated carbocycles. The number of nitrogens with one attached hydrogen (secondary N) is 1. The molecule has 1 heterocycles. The Hall–Kier alpha value is -1.75. The van der Waals surface area contributed by atoms with Gasteiger partial charge >= 0.3 is 0 Å². The fraction of sp³-hybridized carbons (Fsp3) is 0. The van der Waals surface area contributed by atoms with Crippen LogP contribution in [0.3, 0.4) is 0 Å². The van der Waals surface area contributed by atoms with Gasteiger partial charge in [-0.1, -0.05) is 29.5 Å². The van der Waals surface area contributed by atoms with Crippen molar-refractivity contribution in [3.63, 3.8) is 0 Å². The number of anilines is 3. The minimum Gasteiger partial charge on any atom is -0.497 e. The van der Waals surface area contributed by atoms with E-state index in [-0.39, 0.29) is 10.9 Å². The zero-order valence-corrected chi connectivity index (χ0v) is 8.08. The van der Waals surface area contributed by atoms with E-state index in [1.165, 1.54) is 0 Å². The van der Waals surface area contributed by atoms with Crippen molar-refractivity contribution in [2.45, 2.75) is 0 Å². The lowest BCUT2D eigenvalue weighted by Crippen LogP contribution is -1.89. The molecule has 5 heteroatoms. The second kappa shape index (κ2) is 3.55. The lowest BCUT2D eigenvalue weighted by molar-refractivity contribution is 0.492. The van der Waals surface area contributed by atoms with E-state index >= 15 is 0 Å². The van der Waals surface area contributed by atoms with E-state index < -0.39 is 0 Å². The van der Waals surface area contributed by atoms with Crippen LogP contribution in [0.25, 0.3) is 0 Å². The summed E-state index contributed by atoms with van der Waals surface area (Å²) in [4.78, 5) is 3.94. The number of hydrogen-bond donors (Lipinski definition) is 3. The predicted octanol–water partition coefficient (Wildman–Crippen LogP) is 2.17. The van der Waals surface area contributed by atoms with Gasteiger partial charge in [0.05, 0.1) is 0 Å². The van der Waals surface area contributed by atoms with Gasteiger partial charge in [0.2, 0.25) is 5.06 Å². The maximum Gasteiger partial charge on any atom is 0.218 e. The second-order valence-electron chi connectivity index (χ2n) is 2.70. The Morgan fingerprint density at radius 1 is 1.29 bits per heavy atom. The molecule has 0 spiro atoms. The predicted molar refractivity (Wildman–Crippen MR) is 57.9 cm³/mol. The van der Waals surface area contributed by atoms with Gasteiger partial charge in [-0.3, -0.25) is 0 Å². The van der Waals surface area contributed by atoms with Crippen LogP contribution in [0, 0.1) is 0 Å². The number of thiazole rings is 1. The zero-order chi connectivity index (χ0) is 9.97. The van der Waals surface area contributed by atoms with Crippen molar-refractivity contribution in [1.29, 1.82) is 0 Å². The van der Waals surface area contributed by atoms with Crippen LogP contribution in [-0.2, 0) is 0 Å². The van der Waals surface area contributed by atoms with Crippen LogP contribution in [0.2, 0.25) is 0 Å². The van der Waals surface area contributed by atoms with Gasteiger partial charge in [-0.05, 0) is 12.1 Å². The second-order valence-corrected chi connectivity index (χ2v) is 3.68. The van der Waals surface area contributed by atoms with Crippen LogP contribution in [0.15, 0.2) is 30.3 Å². The number of aromatic nitrogens is 1. The Balaban J connectivity index is 2.19. The molecule has 0 aliphatic rings. The average molecular weight is 207 g/mol. The number of para-hydroxylation sites is 1. The van der Waals surface area contributed by atoms with Gasteiger partial charge in [0.1, 0.15) is 0 Å². The molecule has 0 aliphatic heterocycles. The first-order chi connectivity index (χ1) is 6.75. The van der Waals surface area contributed by atoms with Crippen LogP contribution < -0.4 is 11.1 Å². The first-order valence-corrected chi connectivity index (χ1v) is 4.84. The number of hydrogen-bond acceptors (Lipinski definition) is 5. The highest BCUT2D eigenvalue weighted by atomic mass is 32.1. The molecule has 2 aromatic rings. The van der Waals surface area contributed by atoms with Crippen LogP contribution in [0.5, 0.6) is 5.06 Å². The zero-order valence-electron chi connectivity index (χ0n) is 7.27.